The predicted octanol–water partition coefficient (Wildman–Crippen LogP) is 1.10. The molecule has 0 saturated carbocycles. The molecule has 0 saturated heterocycles. The quantitative estimate of drug-likeness (QED) is 0.698. The summed E-state index contributed by atoms with van der Waals surface area (Å²) in [4.78, 5) is 0. The van der Waals surface area contributed by atoms with Crippen molar-refractivity contribution in [2.45, 2.75) is 0 Å². The first-order valence-corrected chi connectivity index (χ1v) is 4.87. The van der Waals surface area contributed by atoms with Crippen molar-refractivity contribution in [1.82, 2.24) is 0 Å². The standard InChI is InChI=1S/C8H9NO2S/c1-12(11)9-6-7-4-2-3-5-8(7)10/h2-6,10H,1H3/b9-6+. The molecular formula is C8H9NO2S. The van der Waals surface area contributed by atoms with Gasteiger partial charge >= 0.3 is 0 Å². The second kappa shape index (κ2) is 4.01. The first-order valence-electron chi connectivity index (χ1n) is 3.36. The zero-order chi connectivity index (χ0) is 8.97. The summed E-state index contributed by atoms with van der Waals surface area (Å²) in [5, 5.41) is 9.23. The van der Waals surface area contributed by atoms with Gasteiger partial charge in [0.15, 0.2) is 0 Å². The van der Waals surface area contributed by atoms with Gasteiger partial charge in [0.1, 0.15) is 16.7 Å². The Balaban J connectivity index is 2.89. The van der Waals surface area contributed by atoms with Crippen molar-refractivity contribution in [1.29, 1.82) is 0 Å². The second-order valence-corrected chi connectivity index (χ2v) is 3.28. The Kier molecular flexibility index (Phi) is 2.99. The maximum atomic E-state index is 10.6. The molecular weight excluding hydrogens is 174 g/mol. The van der Waals surface area contributed by atoms with Gasteiger partial charge in [-0.05, 0) is 12.1 Å². The van der Waals surface area contributed by atoms with Crippen LogP contribution in [0.2, 0.25) is 0 Å². The van der Waals surface area contributed by atoms with Crippen molar-refractivity contribution in [3.63, 3.8) is 0 Å². The Bertz CT molecular complexity index is 323. The van der Waals surface area contributed by atoms with Gasteiger partial charge in [0.05, 0.1) is 0 Å². The van der Waals surface area contributed by atoms with Gasteiger partial charge < -0.3 is 5.11 Å². The lowest BCUT2D eigenvalue weighted by Gasteiger charge is -1.94. The zero-order valence-corrected chi connectivity index (χ0v) is 7.41. The highest BCUT2D eigenvalue weighted by Gasteiger charge is 1.94. The molecule has 1 N–H and O–H groups in total. The van der Waals surface area contributed by atoms with Crippen LogP contribution in [0.25, 0.3) is 0 Å². The van der Waals surface area contributed by atoms with Crippen LogP contribution in [0.3, 0.4) is 0 Å². The topological polar surface area (TPSA) is 49.7 Å². The van der Waals surface area contributed by atoms with Crippen molar-refractivity contribution in [3.8, 4) is 5.75 Å². The molecule has 4 heteroatoms. The van der Waals surface area contributed by atoms with E-state index in [4.69, 9.17) is 0 Å². The van der Waals surface area contributed by atoms with Crippen LogP contribution >= 0.6 is 0 Å². The molecule has 0 bridgehead atoms. The normalized spacial score (nSPS) is 13.4. The molecule has 0 aromatic heterocycles. The average molecular weight is 183 g/mol. The van der Waals surface area contributed by atoms with Gasteiger partial charge in [-0.25, -0.2) is 4.21 Å². The molecule has 3 nitrogen and oxygen atoms in total. The highest BCUT2D eigenvalue weighted by molar-refractivity contribution is 7.83. The molecule has 1 rings (SSSR count). The van der Waals surface area contributed by atoms with Crippen LogP contribution in [0.15, 0.2) is 28.7 Å². The van der Waals surface area contributed by atoms with Crippen LogP contribution in [-0.2, 0) is 11.0 Å². The number of aromatic hydroxyl groups is 1. The number of para-hydroxylation sites is 1. The lowest BCUT2D eigenvalue weighted by Crippen LogP contribution is -1.84. The summed E-state index contributed by atoms with van der Waals surface area (Å²) < 4.78 is 14.2. The third kappa shape index (κ3) is 2.47. The number of nitrogens with zero attached hydrogens (tertiary/aromatic N) is 1. The van der Waals surface area contributed by atoms with E-state index in [0.29, 0.717) is 5.56 Å². The summed E-state index contributed by atoms with van der Waals surface area (Å²) in [7, 11) is -1.22. The van der Waals surface area contributed by atoms with Crippen molar-refractivity contribution in [2.75, 3.05) is 6.26 Å². The smallest absolute Gasteiger partial charge is 0.136 e. The fraction of sp³-hybridized carbons (Fsp3) is 0.125. The molecule has 12 heavy (non-hydrogen) atoms. The monoisotopic (exact) mass is 183 g/mol. The number of phenolic OH excluding ortho intramolecular Hbond substituents is 1. The minimum atomic E-state index is -1.22. The molecule has 0 aliphatic heterocycles. The van der Waals surface area contributed by atoms with E-state index in [0.717, 1.165) is 0 Å². The van der Waals surface area contributed by atoms with Gasteiger partial charge in [-0.1, -0.05) is 12.1 Å². The van der Waals surface area contributed by atoms with Gasteiger partial charge in [0.2, 0.25) is 0 Å². The molecule has 0 amide bonds. The summed E-state index contributed by atoms with van der Waals surface area (Å²) >= 11 is 0. The Morgan fingerprint density at radius 1 is 1.50 bits per heavy atom. The average Bonchev–Trinajstić information content (AvgIpc) is 2.03. The Labute approximate surface area is 73.4 Å². The van der Waals surface area contributed by atoms with Gasteiger partial charge in [-0.15, -0.1) is 0 Å². The Morgan fingerprint density at radius 2 is 2.17 bits per heavy atom. The van der Waals surface area contributed by atoms with Crippen LogP contribution < -0.4 is 0 Å². The van der Waals surface area contributed by atoms with E-state index in [1.54, 1.807) is 24.3 Å². The van der Waals surface area contributed by atoms with E-state index < -0.39 is 11.0 Å². The van der Waals surface area contributed by atoms with Gasteiger partial charge in [0, 0.05) is 18.0 Å². The molecule has 1 atom stereocenters. The van der Waals surface area contributed by atoms with Crippen LogP contribution in [0.1, 0.15) is 5.56 Å². The third-order valence-electron chi connectivity index (χ3n) is 1.28. The lowest BCUT2D eigenvalue weighted by molar-refractivity contribution is 0.474. The van der Waals surface area contributed by atoms with Crippen LogP contribution in [0.4, 0.5) is 0 Å². The molecule has 1 aromatic rings. The fourth-order valence-electron chi connectivity index (χ4n) is 0.728. The molecule has 64 valence electrons. The van der Waals surface area contributed by atoms with E-state index in [1.165, 1.54) is 12.5 Å². The van der Waals surface area contributed by atoms with Crippen LogP contribution in [-0.4, -0.2) is 21.8 Å². The molecule has 0 aliphatic rings. The highest BCUT2D eigenvalue weighted by atomic mass is 32.2. The molecule has 1 aromatic carbocycles. The highest BCUT2D eigenvalue weighted by Crippen LogP contribution is 2.12. The minimum absolute atomic E-state index is 0.145. The summed E-state index contributed by atoms with van der Waals surface area (Å²) in [5.41, 5.74) is 0.577. The number of hydrogen-bond donors (Lipinski definition) is 1. The van der Waals surface area contributed by atoms with Crippen molar-refractivity contribution in [2.24, 2.45) is 4.40 Å². The number of hydrogen-bond acceptors (Lipinski definition) is 2. The zero-order valence-electron chi connectivity index (χ0n) is 6.60. The first-order chi connectivity index (χ1) is 5.70. The molecule has 0 aliphatic carbocycles. The lowest BCUT2D eigenvalue weighted by atomic mass is 10.2. The summed E-state index contributed by atoms with van der Waals surface area (Å²) in [6, 6.07) is 6.75. The van der Waals surface area contributed by atoms with E-state index in [2.05, 4.69) is 4.40 Å². The molecule has 1 unspecified atom stereocenters. The molecule has 0 heterocycles. The number of phenols is 1. The Morgan fingerprint density at radius 3 is 2.75 bits per heavy atom. The van der Waals surface area contributed by atoms with Crippen molar-refractivity contribution < 1.29 is 9.32 Å². The largest absolute Gasteiger partial charge is 0.507 e. The molecule has 0 radical (unpaired) electrons. The first kappa shape index (κ1) is 8.93. The summed E-state index contributed by atoms with van der Waals surface area (Å²) in [5.74, 6) is 0.145. The third-order valence-corrected chi connectivity index (χ3v) is 1.68. The summed E-state index contributed by atoms with van der Waals surface area (Å²) in [6.45, 7) is 0. The Hall–Kier alpha value is -1.16. The fourth-order valence-corrected chi connectivity index (χ4v) is 0.990. The van der Waals surface area contributed by atoms with E-state index in [9.17, 15) is 9.32 Å². The van der Waals surface area contributed by atoms with Gasteiger partial charge in [-0.2, -0.15) is 4.40 Å². The van der Waals surface area contributed by atoms with Crippen molar-refractivity contribution in [3.05, 3.63) is 29.8 Å². The van der Waals surface area contributed by atoms with Crippen LogP contribution in [0, 0.1) is 0 Å². The molecule has 0 fully saturated rings. The maximum Gasteiger partial charge on any atom is 0.136 e. The second-order valence-electron chi connectivity index (χ2n) is 2.22. The maximum absolute atomic E-state index is 10.6. The van der Waals surface area contributed by atoms with Gasteiger partial charge in [-0.3, -0.25) is 0 Å². The van der Waals surface area contributed by atoms with E-state index in [1.807, 2.05) is 0 Å². The van der Waals surface area contributed by atoms with Crippen molar-refractivity contribution >= 4 is 17.2 Å². The van der Waals surface area contributed by atoms with Gasteiger partial charge in [0.25, 0.3) is 0 Å². The SMILES string of the molecule is CS(=O)/N=C/c1ccccc1O. The van der Waals surface area contributed by atoms with E-state index in [-0.39, 0.29) is 5.75 Å². The summed E-state index contributed by atoms with van der Waals surface area (Å²) in [6.07, 6.45) is 2.86. The molecule has 0 spiro atoms. The number of rotatable bonds is 2. The number of benzene rings is 1. The van der Waals surface area contributed by atoms with E-state index >= 15 is 0 Å². The minimum Gasteiger partial charge on any atom is -0.507 e. The predicted molar refractivity (Wildman–Crippen MR) is 49.8 cm³/mol. The van der Waals surface area contributed by atoms with Crippen LogP contribution in [0.5, 0.6) is 5.75 Å².